The Morgan fingerprint density at radius 1 is 1.24 bits per heavy atom. The number of hydrogen-bond donors (Lipinski definition) is 0. The predicted octanol–water partition coefficient (Wildman–Crippen LogP) is 3.72. The summed E-state index contributed by atoms with van der Waals surface area (Å²) < 4.78 is 5.40. The van der Waals surface area contributed by atoms with Crippen molar-refractivity contribution >= 4 is 11.8 Å². The quantitative estimate of drug-likeness (QED) is 0.711. The zero-order chi connectivity index (χ0) is 18.9. The fourth-order valence-corrected chi connectivity index (χ4v) is 2.28. The van der Waals surface area contributed by atoms with Crippen LogP contribution in [0.2, 0.25) is 0 Å². The Morgan fingerprint density at radius 3 is 2.36 bits per heavy atom. The molecule has 0 aliphatic carbocycles. The van der Waals surface area contributed by atoms with Crippen LogP contribution in [0.1, 0.15) is 47.5 Å². The van der Waals surface area contributed by atoms with Gasteiger partial charge in [-0.3, -0.25) is 0 Å². The van der Waals surface area contributed by atoms with Gasteiger partial charge in [-0.2, -0.15) is 5.26 Å². The third-order valence-electron chi connectivity index (χ3n) is 3.67. The van der Waals surface area contributed by atoms with Crippen molar-refractivity contribution in [1.29, 1.82) is 5.26 Å². The minimum Gasteiger partial charge on any atom is -0.444 e. The number of aliphatic imine (C=N–C) groups is 1. The molecule has 0 aromatic carbocycles. The first-order valence-corrected chi connectivity index (χ1v) is 8.81. The average molecular weight is 346 g/mol. The molecule has 6 heteroatoms. The Hall–Kier alpha value is -2.29. The van der Waals surface area contributed by atoms with Gasteiger partial charge in [0, 0.05) is 38.1 Å². The summed E-state index contributed by atoms with van der Waals surface area (Å²) in [4.78, 5) is 20.2. The first-order chi connectivity index (χ1) is 11.8. The van der Waals surface area contributed by atoms with E-state index in [0.717, 1.165) is 31.6 Å². The second-order valence-electron chi connectivity index (χ2n) is 7.04. The highest BCUT2D eigenvalue weighted by atomic mass is 16.6. The van der Waals surface area contributed by atoms with Gasteiger partial charge in [0.1, 0.15) is 17.4 Å². The van der Waals surface area contributed by atoms with Crippen LogP contribution in [-0.2, 0) is 4.74 Å². The molecule has 6 nitrogen and oxygen atoms in total. The number of nitriles is 1. The van der Waals surface area contributed by atoms with Gasteiger partial charge < -0.3 is 14.5 Å². The molecular formula is C19H30N4O2. The summed E-state index contributed by atoms with van der Waals surface area (Å²) in [6.07, 6.45) is 7.16. The number of rotatable bonds is 5. The zero-order valence-corrected chi connectivity index (χ0v) is 16.1. The lowest BCUT2D eigenvalue weighted by molar-refractivity contribution is 0.0169. The van der Waals surface area contributed by atoms with Crippen LogP contribution in [0.15, 0.2) is 29.0 Å². The van der Waals surface area contributed by atoms with Gasteiger partial charge in [0.25, 0.3) is 0 Å². The minimum absolute atomic E-state index is 0.264. The molecule has 0 N–H and O–H groups in total. The van der Waals surface area contributed by atoms with E-state index < -0.39 is 5.60 Å². The third kappa shape index (κ3) is 7.88. The highest BCUT2D eigenvalue weighted by Gasteiger charge is 2.25. The highest BCUT2D eigenvalue weighted by Crippen LogP contribution is 2.14. The molecule has 1 fully saturated rings. The molecule has 25 heavy (non-hydrogen) atoms. The number of nitrogens with zero attached hydrogens (tertiary/aromatic N) is 4. The van der Waals surface area contributed by atoms with E-state index in [4.69, 9.17) is 10.00 Å². The van der Waals surface area contributed by atoms with Crippen LogP contribution >= 0.6 is 0 Å². The van der Waals surface area contributed by atoms with E-state index in [2.05, 4.69) is 22.9 Å². The van der Waals surface area contributed by atoms with Crippen LogP contribution in [0, 0.1) is 11.3 Å². The van der Waals surface area contributed by atoms with Gasteiger partial charge in [-0.15, -0.1) is 0 Å². The Kier molecular flexibility index (Phi) is 8.20. The minimum atomic E-state index is -0.474. The number of unbranched alkanes of at least 4 members (excludes halogenated alkanes) is 1. The van der Waals surface area contributed by atoms with Gasteiger partial charge in [0.2, 0.25) is 0 Å². The van der Waals surface area contributed by atoms with Crippen LogP contribution < -0.4 is 0 Å². The largest absolute Gasteiger partial charge is 0.444 e. The highest BCUT2D eigenvalue weighted by molar-refractivity contribution is 6.07. The maximum absolute atomic E-state index is 12.1. The first kappa shape index (κ1) is 20.8. The van der Waals surface area contributed by atoms with Crippen LogP contribution in [0.3, 0.4) is 0 Å². The molecule has 0 unspecified atom stereocenters. The molecule has 0 aromatic heterocycles. The van der Waals surface area contributed by atoms with Crippen LogP contribution in [-0.4, -0.2) is 53.4 Å². The van der Waals surface area contributed by atoms with E-state index >= 15 is 0 Å². The summed E-state index contributed by atoms with van der Waals surface area (Å²) in [6, 6.07) is 2.09. The van der Waals surface area contributed by atoms with Gasteiger partial charge in [-0.1, -0.05) is 19.4 Å². The van der Waals surface area contributed by atoms with Crippen molar-refractivity contribution < 1.29 is 9.53 Å². The summed E-state index contributed by atoms with van der Waals surface area (Å²) in [6.45, 7) is 12.4. The number of carbonyl (C=O) groups excluding carboxylic acids is 1. The second kappa shape index (κ2) is 9.87. The number of ether oxygens (including phenoxy) is 1. The molecule has 1 saturated heterocycles. The van der Waals surface area contributed by atoms with Crippen LogP contribution in [0.4, 0.5) is 4.79 Å². The van der Waals surface area contributed by atoms with Crippen LogP contribution in [0.25, 0.3) is 0 Å². The number of allylic oxidation sites excluding steroid dienone is 3. The molecule has 1 aliphatic heterocycles. The molecule has 0 saturated carbocycles. The Morgan fingerprint density at radius 2 is 1.84 bits per heavy atom. The van der Waals surface area contributed by atoms with Crippen molar-refractivity contribution in [2.45, 2.75) is 53.1 Å². The van der Waals surface area contributed by atoms with E-state index in [0.29, 0.717) is 18.8 Å². The summed E-state index contributed by atoms with van der Waals surface area (Å²) >= 11 is 0. The van der Waals surface area contributed by atoms with Crippen molar-refractivity contribution in [2.24, 2.45) is 4.99 Å². The molecule has 1 amide bonds. The fraction of sp³-hybridized carbons (Fsp3) is 0.632. The van der Waals surface area contributed by atoms with Gasteiger partial charge in [0.15, 0.2) is 0 Å². The van der Waals surface area contributed by atoms with Crippen LogP contribution in [0.5, 0.6) is 0 Å². The zero-order valence-electron chi connectivity index (χ0n) is 16.1. The number of piperazine rings is 1. The average Bonchev–Trinajstić information content (AvgIpc) is 2.56. The molecular weight excluding hydrogens is 316 g/mol. The number of carbonyl (C=O) groups is 1. The topological polar surface area (TPSA) is 68.9 Å². The molecule has 0 aromatic rings. The van der Waals surface area contributed by atoms with Crippen molar-refractivity contribution in [3.63, 3.8) is 0 Å². The molecule has 138 valence electrons. The summed E-state index contributed by atoms with van der Waals surface area (Å²) in [5.74, 6) is 0. The van der Waals surface area contributed by atoms with E-state index in [1.807, 2.05) is 33.8 Å². The molecule has 1 heterocycles. The molecule has 1 aliphatic rings. The normalized spacial score (nSPS) is 17.0. The van der Waals surface area contributed by atoms with E-state index in [9.17, 15) is 4.79 Å². The maximum atomic E-state index is 12.1. The van der Waals surface area contributed by atoms with Gasteiger partial charge in [-0.05, 0) is 40.2 Å². The van der Waals surface area contributed by atoms with Gasteiger partial charge in [-0.25, -0.2) is 9.79 Å². The van der Waals surface area contributed by atoms with Gasteiger partial charge >= 0.3 is 6.09 Å². The van der Waals surface area contributed by atoms with Crippen molar-refractivity contribution in [1.82, 2.24) is 9.80 Å². The summed E-state index contributed by atoms with van der Waals surface area (Å²) in [5, 5.41) is 9.10. The SMILES string of the molecule is CCC/C=C/C(C#N)=N/C=C(\C)N1CCN(C(=O)OC(C)(C)C)CC1. The van der Waals surface area contributed by atoms with Crippen molar-refractivity contribution in [3.05, 3.63) is 24.0 Å². The summed E-state index contributed by atoms with van der Waals surface area (Å²) in [5.41, 5.74) is 0.915. The molecule has 0 bridgehead atoms. The Bertz CT molecular complexity index is 571. The molecule has 0 atom stereocenters. The lowest BCUT2D eigenvalue weighted by Crippen LogP contribution is -2.49. The van der Waals surface area contributed by atoms with E-state index in [1.165, 1.54) is 0 Å². The van der Waals surface area contributed by atoms with E-state index in [-0.39, 0.29) is 6.09 Å². The van der Waals surface area contributed by atoms with E-state index in [1.54, 1.807) is 17.2 Å². The second-order valence-corrected chi connectivity index (χ2v) is 7.04. The monoisotopic (exact) mass is 346 g/mol. The van der Waals surface area contributed by atoms with Gasteiger partial charge in [0.05, 0.1) is 0 Å². The standard InChI is InChI=1S/C19H30N4O2/c1-6-7-8-9-17(14-20)21-15-16(2)22-10-12-23(13-11-22)18(24)25-19(3,4)5/h8-9,15H,6-7,10-13H2,1-5H3/b9-8+,16-15+,21-17-. The summed E-state index contributed by atoms with van der Waals surface area (Å²) in [7, 11) is 0. The molecule has 0 radical (unpaired) electrons. The number of hydrogen-bond acceptors (Lipinski definition) is 5. The maximum Gasteiger partial charge on any atom is 0.410 e. The Balaban J connectivity index is 2.58. The third-order valence-corrected chi connectivity index (χ3v) is 3.67. The molecule has 1 rings (SSSR count). The van der Waals surface area contributed by atoms with Crippen molar-refractivity contribution in [3.8, 4) is 6.07 Å². The lowest BCUT2D eigenvalue weighted by Gasteiger charge is -2.36. The predicted molar refractivity (Wildman–Crippen MR) is 100 cm³/mol. The fourth-order valence-electron chi connectivity index (χ4n) is 2.28. The first-order valence-electron chi connectivity index (χ1n) is 8.81. The smallest absolute Gasteiger partial charge is 0.410 e. The van der Waals surface area contributed by atoms with Crippen molar-refractivity contribution in [2.75, 3.05) is 26.2 Å². The molecule has 0 spiro atoms. The Labute approximate surface area is 151 Å². The number of amides is 1. The lowest BCUT2D eigenvalue weighted by atomic mass is 10.2.